The third kappa shape index (κ3) is 3.84. The van der Waals surface area contributed by atoms with Crippen LogP contribution in [0.4, 0.5) is 0 Å². The Morgan fingerprint density at radius 2 is 1.45 bits per heavy atom. The van der Waals surface area contributed by atoms with Crippen LogP contribution in [0.15, 0.2) is 0 Å². The molecule has 6 heteroatoms. The molecule has 20 heavy (non-hydrogen) atoms. The van der Waals surface area contributed by atoms with Crippen LogP contribution in [0.3, 0.4) is 0 Å². The fourth-order valence-corrected chi connectivity index (χ4v) is 2.83. The van der Waals surface area contributed by atoms with Gasteiger partial charge in [-0.15, -0.1) is 0 Å². The van der Waals surface area contributed by atoms with Gasteiger partial charge in [-0.2, -0.15) is 0 Å². The van der Waals surface area contributed by atoms with E-state index in [9.17, 15) is 4.21 Å². The second-order valence-electron chi connectivity index (χ2n) is 7.89. The zero-order valence-electron chi connectivity index (χ0n) is 14.4. The van der Waals surface area contributed by atoms with Crippen molar-refractivity contribution in [3.63, 3.8) is 0 Å². The van der Waals surface area contributed by atoms with Crippen LogP contribution < -0.4 is 4.72 Å². The maximum absolute atomic E-state index is 12.3. The number of rotatable bonds is 4. The van der Waals surface area contributed by atoms with Crippen molar-refractivity contribution < 1.29 is 13.5 Å². The van der Waals surface area contributed by atoms with Crippen LogP contribution in [-0.2, 0) is 20.3 Å². The second kappa shape index (κ2) is 5.71. The van der Waals surface area contributed by atoms with E-state index in [1.165, 1.54) is 0 Å². The first-order valence-corrected chi connectivity index (χ1v) is 8.46. The van der Waals surface area contributed by atoms with Crippen molar-refractivity contribution in [2.45, 2.75) is 84.2 Å². The SMILES string of the molecule is CC(C)[C@H](NS(=O)C(C)(C)C)B1OC(C)(C)C(C)(C)O1. The summed E-state index contributed by atoms with van der Waals surface area (Å²) in [6, 6.07) is 0. The summed E-state index contributed by atoms with van der Waals surface area (Å²) in [5.41, 5.74) is -0.731. The van der Waals surface area contributed by atoms with E-state index in [0.717, 1.165) is 0 Å². The van der Waals surface area contributed by atoms with Crippen molar-refractivity contribution in [2.75, 3.05) is 0 Å². The normalized spacial score (nSPS) is 25.0. The summed E-state index contributed by atoms with van der Waals surface area (Å²) in [6.07, 6.45) is 0. The van der Waals surface area contributed by atoms with Crippen LogP contribution in [0, 0.1) is 5.92 Å². The molecule has 1 aliphatic rings. The molecule has 4 nitrogen and oxygen atoms in total. The number of hydrogen-bond acceptors (Lipinski definition) is 3. The van der Waals surface area contributed by atoms with E-state index in [2.05, 4.69) is 18.6 Å². The van der Waals surface area contributed by atoms with Crippen LogP contribution >= 0.6 is 0 Å². The lowest BCUT2D eigenvalue weighted by Gasteiger charge is -2.32. The van der Waals surface area contributed by atoms with Crippen molar-refractivity contribution in [1.82, 2.24) is 4.72 Å². The molecule has 0 amide bonds. The first-order chi connectivity index (χ1) is 8.78. The van der Waals surface area contributed by atoms with Gasteiger partial charge in [0.2, 0.25) is 0 Å². The van der Waals surface area contributed by atoms with Crippen LogP contribution in [0.25, 0.3) is 0 Å². The van der Waals surface area contributed by atoms with Crippen molar-refractivity contribution >= 4 is 18.1 Å². The first kappa shape index (κ1) is 18.1. The number of hydrogen-bond donors (Lipinski definition) is 1. The Labute approximate surface area is 127 Å². The van der Waals surface area contributed by atoms with E-state index in [1.54, 1.807) is 0 Å². The molecular formula is C14H30BNO3S. The Bertz CT molecular complexity index is 361. The van der Waals surface area contributed by atoms with Crippen LogP contribution in [0.1, 0.15) is 62.3 Å². The lowest BCUT2D eigenvalue weighted by molar-refractivity contribution is 0.00578. The Kier molecular flexibility index (Phi) is 5.18. The van der Waals surface area contributed by atoms with E-state index < -0.39 is 11.0 Å². The molecule has 1 aliphatic heterocycles. The average molecular weight is 303 g/mol. The molecule has 0 bridgehead atoms. The van der Waals surface area contributed by atoms with E-state index in [4.69, 9.17) is 9.31 Å². The summed E-state index contributed by atoms with van der Waals surface area (Å²) in [6.45, 7) is 18.2. The minimum Gasteiger partial charge on any atom is -0.402 e. The minimum atomic E-state index is -1.14. The molecule has 0 radical (unpaired) electrons. The summed E-state index contributed by atoms with van der Waals surface area (Å²) < 4.78 is 27.4. The van der Waals surface area contributed by atoms with Crippen LogP contribution in [0.5, 0.6) is 0 Å². The van der Waals surface area contributed by atoms with Crippen LogP contribution in [0.2, 0.25) is 0 Å². The molecule has 0 aromatic rings. The molecule has 1 N–H and O–H groups in total. The van der Waals surface area contributed by atoms with Crippen LogP contribution in [-0.4, -0.2) is 33.2 Å². The van der Waals surface area contributed by atoms with Gasteiger partial charge in [-0.3, -0.25) is 0 Å². The van der Waals surface area contributed by atoms with Gasteiger partial charge in [-0.05, 0) is 54.4 Å². The maximum Gasteiger partial charge on any atom is 0.477 e. The topological polar surface area (TPSA) is 47.6 Å². The van der Waals surface area contributed by atoms with Gasteiger partial charge in [-0.25, -0.2) is 8.93 Å². The lowest BCUT2D eigenvalue weighted by atomic mass is 9.73. The smallest absolute Gasteiger partial charge is 0.402 e. The standard InChI is InChI=1S/C14H30BNO3S/c1-10(2)11(16-20(17)12(3,4)5)15-18-13(6,7)14(8,9)19-15/h10-11,16H,1-9H3/t11-,20?/m0/s1. The molecule has 118 valence electrons. The Balaban J connectivity index is 2.88. The third-order valence-corrected chi connectivity index (χ3v) is 5.68. The fraction of sp³-hybridized carbons (Fsp3) is 1.00. The molecule has 0 aliphatic carbocycles. The molecule has 0 saturated carbocycles. The zero-order valence-corrected chi connectivity index (χ0v) is 15.2. The summed E-state index contributed by atoms with van der Waals surface area (Å²) in [7, 11) is -1.53. The summed E-state index contributed by atoms with van der Waals surface area (Å²) in [4.78, 5) is 0. The van der Waals surface area contributed by atoms with Gasteiger partial charge in [0, 0.05) is 0 Å². The quantitative estimate of drug-likeness (QED) is 0.812. The predicted octanol–water partition coefficient (Wildman–Crippen LogP) is 2.69. The van der Waals surface area contributed by atoms with Crippen molar-refractivity contribution in [2.24, 2.45) is 5.92 Å². The van der Waals surface area contributed by atoms with Gasteiger partial charge < -0.3 is 9.31 Å². The lowest BCUT2D eigenvalue weighted by Crippen LogP contribution is -2.52. The van der Waals surface area contributed by atoms with Gasteiger partial charge in [0.25, 0.3) is 0 Å². The summed E-state index contributed by atoms with van der Waals surface area (Å²) >= 11 is 0. The van der Waals surface area contributed by atoms with Gasteiger partial charge in [0.15, 0.2) is 0 Å². The largest absolute Gasteiger partial charge is 0.477 e. The predicted molar refractivity (Wildman–Crippen MR) is 85.7 cm³/mol. The highest BCUT2D eigenvalue weighted by Crippen LogP contribution is 2.38. The summed E-state index contributed by atoms with van der Waals surface area (Å²) in [5, 5.41) is 0. The Morgan fingerprint density at radius 3 is 1.75 bits per heavy atom. The van der Waals surface area contributed by atoms with E-state index >= 15 is 0 Å². The van der Waals surface area contributed by atoms with E-state index in [1.807, 2.05) is 48.5 Å². The Hall–Kier alpha value is 0.0949. The van der Waals surface area contributed by atoms with Gasteiger partial charge in [-0.1, -0.05) is 13.8 Å². The van der Waals surface area contributed by atoms with E-state index in [0.29, 0.717) is 0 Å². The first-order valence-electron chi connectivity index (χ1n) is 7.31. The third-order valence-electron chi connectivity index (χ3n) is 4.08. The highest BCUT2D eigenvalue weighted by Gasteiger charge is 2.54. The van der Waals surface area contributed by atoms with Gasteiger partial charge >= 0.3 is 7.12 Å². The van der Waals surface area contributed by atoms with Crippen molar-refractivity contribution in [3.8, 4) is 0 Å². The van der Waals surface area contributed by atoms with Crippen molar-refractivity contribution in [1.29, 1.82) is 0 Å². The zero-order chi connectivity index (χ0) is 15.9. The molecule has 2 atom stereocenters. The molecule has 0 aromatic carbocycles. The minimum absolute atomic E-state index is 0.101. The molecule has 0 aromatic heterocycles. The second-order valence-corrected chi connectivity index (χ2v) is 9.89. The van der Waals surface area contributed by atoms with Gasteiger partial charge in [0.1, 0.15) is 0 Å². The van der Waals surface area contributed by atoms with Crippen molar-refractivity contribution in [3.05, 3.63) is 0 Å². The molecule has 1 fully saturated rings. The highest BCUT2D eigenvalue weighted by atomic mass is 32.2. The molecular weight excluding hydrogens is 273 g/mol. The molecule has 1 rings (SSSR count). The Morgan fingerprint density at radius 1 is 1.05 bits per heavy atom. The molecule has 1 saturated heterocycles. The molecule has 1 unspecified atom stereocenters. The van der Waals surface area contributed by atoms with E-state index in [-0.39, 0.29) is 34.9 Å². The molecule has 1 heterocycles. The monoisotopic (exact) mass is 303 g/mol. The van der Waals surface area contributed by atoms with Gasteiger partial charge in [0.05, 0.1) is 32.9 Å². The average Bonchev–Trinajstić information content (AvgIpc) is 2.41. The number of nitrogens with one attached hydrogen (secondary N) is 1. The highest BCUT2D eigenvalue weighted by molar-refractivity contribution is 7.84. The summed E-state index contributed by atoms with van der Waals surface area (Å²) in [5.74, 6) is 0.159. The molecule has 0 spiro atoms. The maximum atomic E-state index is 12.3. The fourth-order valence-electron chi connectivity index (χ4n) is 1.84.